The molecule has 128 valence electrons. The number of carbonyl (C=O) groups is 2. The summed E-state index contributed by atoms with van der Waals surface area (Å²) in [5.41, 5.74) is -0.649. The van der Waals surface area contributed by atoms with Gasteiger partial charge in [-0.15, -0.1) is 0 Å². The van der Waals surface area contributed by atoms with Crippen LogP contribution in [0.5, 0.6) is 0 Å². The summed E-state index contributed by atoms with van der Waals surface area (Å²) in [5, 5.41) is 30.1. The maximum absolute atomic E-state index is 12.6. The third kappa shape index (κ3) is 3.36. The lowest BCUT2D eigenvalue weighted by Crippen LogP contribution is -2.57. The number of hydrogen-bond donors (Lipinski definition) is 3. The number of carboxylic acid groups (broad SMARTS) is 1. The number of aliphatic hydroxyl groups is 1. The van der Waals surface area contributed by atoms with E-state index in [-0.39, 0.29) is 24.6 Å². The van der Waals surface area contributed by atoms with Crippen LogP contribution in [0.3, 0.4) is 0 Å². The van der Waals surface area contributed by atoms with Crippen molar-refractivity contribution < 1.29 is 19.8 Å². The van der Waals surface area contributed by atoms with E-state index in [9.17, 15) is 19.8 Å². The molecular weight excluding hydrogens is 300 g/mol. The van der Waals surface area contributed by atoms with Crippen LogP contribution in [0, 0.1) is 18.3 Å². The van der Waals surface area contributed by atoms with Crippen LogP contribution in [0.4, 0.5) is 0 Å². The Morgan fingerprint density at radius 3 is 2.65 bits per heavy atom. The monoisotopic (exact) mass is 324 g/mol. The number of H-pyrrole nitrogens is 1. The van der Waals surface area contributed by atoms with Crippen LogP contribution in [0.15, 0.2) is 0 Å². The van der Waals surface area contributed by atoms with Crippen LogP contribution in [-0.4, -0.2) is 61.6 Å². The van der Waals surface area contributed by atoms with E-state index in [1.54, 1.807) is 6.92 Å². The molecule has 1 amide bonds. The van der Waals surface area contributed by atoms with Crippen molar-refractivity contribution in [2.45, 2.75) is 46.1 Å². The summed E-state index contributed by atoms with van der Waals surface area (Å²) in [6.45, 7) is 5.97. The number of hydrogen-bond acceptors (Lipinski definition) is 5. The van der Waals surface area contributed by atoms with Gasteiger partial charge in [-0.3, -0.25) is 9.59 Å². The first-order valence-corrected chi connectivity index (χ1v) is 7.86. The van der Waals surface area contributed by atoms with E-state index in [4.69, 9.17) is 0 Å². The van der Waals surface area contributed by atoms with Crippen molar-refractivity contribution in [3.05, 3.63) is 11.4 Å². The van der Waals surface area contributed by atoms with Crippen molar-refractivity contribution >= 4 is 11.9 Å². The molecule has 2 atom stereocenters. The summed E-state index contributed by atoms with van der Waals surface area (Å²) in [6.07, 6.45) is 0.297. The molecule has 2 rings (SSSR count). The zero-order valence-corrected chi connectivity index (χ0v) is 13.7. The Morgan fingerprint density at radius 1 is 1.43 bits per heavy atom. The Kier molecular flexibility index (Phi) is 5.03. The number of aromatic amines is 1. The summed E-state index contributed by atoms with van der Waals surface area (Å²) in [7, 11) is 0. The van der Waals surface area contributed by atoms with E-state index in [1.807, 2.05) is 13.8 Å². The van der Waals surface area contributed by atoms with Crippen molar-refractivity contribution in [1.29, 1.82) is 0 Å². The zero-order chi connectivity index (χ0) is 17.2. The van der Waals surface area contributed by atoms with Crippen LogP contribution in [0.25, 0.3) is 0 Å². The van der Waals surface area contributed by atoms with Crippen molar-refractivity contribution in [3.63, 3.8) is 0 Å². The predicted octanol–water partition coefficient (Wildman–Crippen LogP) is 0.827. The Balaban J connectivity index is 2.24. The molecule has 1 aromatic rings. The molecule has 0 saturated carbocycles. The van der Waals surface area contributed by atoms with Gasteiger partial charge >= 0.3 is 5.97 Å². The van der Waals surface area contributed by atoms with Crippen LogP contribution < -0.4 is 0 Å². The minimum atomic E-state index is -1.32. The number of nitrogens with one attached hydrogen (secondary N) is 1. The van der Waals surface area contributed by atoms with Gasteiger partial charge in [-0.2, -0.15) is 15.4 Å². The number of aryl methyl sites for hydroxylation is 1. The Hall–Kier alpha value is -1.96. The second-order valence-corrected chi connectivity index (χ2v) is 6.68. The van der Waals surface area contributed by atoms with Crippen molar-refractivity contribution in [2.75, 3.05) is 13.1 Å². The molecule has 1 saturated heterocycles. The van der Waals surface area contributed by atoms with Crippen molar-refractivity contribution in [1.82, 2.24) is 20.3 Å². The van der Waals surface area contributed by atoms with Crippen LogP contribution in [-0.2, 0) is 4.79 Å². The number of aliphatic carboxylic acids is 1. The number of aromatic nitrogens is 3. The molecule has 8 heteroatoms. The van der Waals surface area contributed by atoms with Crippen LogP contribution >= 0.6 is 0 Å². The molecule has 23 heavy (non-hydrogen) atoms. The minimum absolute atomic E-state index is 0.0125. The summed E-state index contributed by atoms with van der Waals surface area (Å²) >= 11 is 0. The number of carboxylic acids is 1. The first-order chi connectivity index (χ1) is 10.8. The van der Waals surface area contributed by atoms with Crippen molar-refractivity contribution in [2.24, 2.45) is 11.3 Å². The summed E-state index contributed by atoms with van der Waals surface area (Å²) in [5.74, 6) is -1.08. The quantitative estimate of drug-likeness (QED) is 0.738. The lowest BCUT2D eigenvalue weighted by molar-refractivity contribution is -0.163. The molecule has 1 aromatic heterocycles. The number of carbonyl (C=O) groups excluding carboxylic acids is 1. The topological polar surface area (TPSA) is 119 Å². The molecule has 2 heterocycles. The maximum Gasteiger partial charge on any atom is 0.314 e. The molecular formula is C15H24N4O4. The van der Waals surface area contributed by atoms with Gasteiger partial charge in [0.1, 0.15) is 5.41 Å². The molecule has 0 unspecified atom stereocenters. The van der Waals surface area contributed by atoms with E-state index in [0.29, 0.717) is 31.0 Å². The molecule has 0 radical (unpaired) electrons. The van der Waals surface area contributed by atoms with Gasteiger partial charge in [-0.1, -0.05) is 13.8 Å². The van der Waals surface area contributed by atoms with E-state index >= 15 is 0 Å². The molecule has 1 fully saturated rings. The number of piperidine rings is 1. The Morgan fingerprint density at radius 2 is 2.13 bits per heavy atom. The second-order valence-electron chi connectivity index (χ2n) is 6.68. The predicted molar refractivity (Wildman–Crippen MR) is 81.8 cm³/mol. The minimum Gasteiger partial charge on any atom is -0.481 e. The number of likely N-dealkylation sites (tertiary alicyclic amines) is 1. The lowest BCUT2D eigenvalue weighted by Gasteiger charge is -2.43. The first-order valence-electron chi connectivity index (χ1n) is 7.86. The highest BCUT2D eigenvalue weighted by Crippen LogP contribution is 2.37. The standard InChI is InChI=1S/C15H24N4O4/c1-9(2)4-6-15(14(22)23)8-19(7-5-11(15)20)13(21)12-10(3)16-18-17-12/h9,11,20H,4-8H2,1-3H3,(H,22,23)(H,16,17,18)/t11-,15-/m1/s1. The van der Waals surface area contributed by atoms with E-state index in [0.717, 1.165) is 0 Å². The molecule has 0 spiro atoms. The fourth-order valence-electron chi connectivity index (χ4n) is 3.00. The smallest absolute Gasteiger partial charge is 0.314 e. The molecule has 1 aliphatic rings. The van der Waals surface area contributed by atoms with Gasteiger partial charge in [-0.25, -0.2) is 0 Å². The largest absolute Gasteiger partial charge is 0.481 e. The fourth-order valence-corrected chi connectivity index (χ4v) is 3.00. The maximum atomic E-state index is 12.6. The summed E-state index contributed by atoms with van der Waals surface area (Å²) in [6, 6.07) is 0. The first kappa shape index (κ1) is 17.4. The van der Waals surface area contributed by atoms with Gasteiger partial charge in [-0.05, 0) is 32.1 Å². The fraction of sp³-hybridized carbons (Fsp3) is 0.733. The van der Waals surface area contributed by atoms with E-state index < -0.39 is 17.5 Å². The third-order valence-electron chi connectivity index (χ3n) is 4.59. The molecule has 1 aliphatic heterocycles. The van der Waals surface area contributed by atoms with Crippen LogP contribution in [0.2, 0.25) is 0 Å². The third-order valence-corrected chi connectivity index (χ3v) is 4.59. The highest BCUT2D eigenvalue weighted by Gasteiger charge is 2.50. The average molecular weight is 324 g/mol. The van der Waals surface area contributed by atoms with Crippen LogP contribution in [0.1, 0.15) is 49.3 Å². The number of amides is 1. The normalized spacial score (nSPS) is 24.9. The molecule has 8 nitrogen and oxygen atoms in total. The second kappa shape index (κ2) is 6.66. The zero-order valence-electron chi connectivity index (χ0n) is 13.7. The highest BCUT2D eigenvalue weighted by molar-refractivity contribution is 5.93. The Bertz CT molecular complexity index is 586. The molecule has 0 bridgehead atoms. The summed E-state index contributed by atoms with van der Waals surface area (Å²) < 4.78 is 0. The molecule has 0 aliphatic carbocycles. The highest BCUT2D eigenvalue weighted by atomic mass is 16.4. The lowest BCUT2D eigenvalue weighted by atomic mass is 9.72. The van der Waals surface area contributed by atoms with Gasteiger partial charge in [0.25, 0.3) is 5.91 Å². The van der Waals surface area contributed by atoms with Gasteiger partial charge in [0.05, 0.1) is 11.8 Å². The molecule has 0 aromatic carbocycles. The summed E-state index contributed by atoms with van der Waals surface area (Å²) in [4.78, 5) is 25.9. The average Bonchev–Trinajstić information content (AvgIpc) is 2.91. The molecule has 3 N–H and O–H groups in total. The Labute approximate surface area is 134 Å². The van der Waals surface area contributed by atoms with Gasteiger partial charge in [0.15, 0.2) is 5.69 Å². The van der Waals surface area contributed by atoms with Gasteiger partial charge in [0.2, 0.25) is 0 Å². The van der Waals surface area contributed by atoms with E-state index in [2.05, 4.69) is 15.4 Å². The number of nitrogens with zero attached hydrogens (tertiary/aromatic N) is 3. The number of rotatable bonds is 5. The SMILES string of the molecule is Cc1n[nH]nc1C(=O)N1CC[C@@H](O)[C@](CCC(C)C)(C(=O)O)C1. The van der Waals surface area contributed by atoms with Crippen molar-refractivity contribution in [3.8, 4) is 0 Å². The van der Waals surface area contributed by atoms with Gasteiger partial charge in [0, 0.05) is 13.1 Å². The number of aliphatic hydroxyl groups excluding tert-OH is 1. The van der Waals surface area contributed by atoms with E-state index in [1.165, 1.54) is 4.90 Å². The van der Waals surface area contributed by atoms with Gasteiger partial charge < -0.3 is 15.1 Å².